The maximum Gasteiger partial charge on any atom is 0.416 e. The number of hydrogen-bond acceptors (Lipinski definition) is 3. The molecule has 1 heterocycles. The fourth-order valence-corrected chi connectivity index (χ4v) is 2.98. The van der Waals surface area contributed by atoms with Gasteiger partial charge >= 0.3 is 12.2 Å². The van der Waals surface area contributed by atoms with Crippen molar-refractivity contribution in [2.45, 2.75) is 12.3 Å². The van der Waals surface area contributed by atoms with E-state index in [2.05, 4.69) is 10.6 Å². The SMILES string of the molecule is O=C(NCC(O)c1ccccc1C(F)(F)F)c1cccc(N2CCNC2=O)c1. The van der Waals surface area contributed by atoms with Gasteiger partial charge in [-0.25, -0.2) is 4.79 Å². The molecular weight excluding hydrogens is 375 g/mol. The predicted octanol–water partition coefficient (Wildman–Crippen LogP) is 2.70. The van der Waals surface area contributed by atoms with Crippen LogP contribution in [0.2, 0.25) is 0 Å². The second kappa shape index (κ2) is 7.89. The third-order valence-corrected chi connectivity index (χ3v) is 4.36. The first-order chi connectivity index (χ1) is 13.3. The van der Waals surface area contributed by atoms with Crippen molar-refractivity contribution in [1.82, 2.24) is 10.6 Å². The molecule has 1 unspecified atom stereocenters. The number of amides is 3. The molecule has 3 N–H and O–H groups in total. The summed E-state index contributed by atoms with van der Waals surface area (Å²) < 4.78 is 39.2. The van der Waals surface area contributed by atoms with Gasteiger partial charge in [0.1, 0.15) is 0 Å². The van der Waals surface area contributed by atoms with Gasteiger partial charge in [0, 0.05) is 30.9 Å². The van der Waals surface area contributed by atoms with E-state index in [0.29, 0.717) is 18.8 Å². The van der Waals surface area contributed by atoms with Crippen molar-refractivity contribution in [2.75, 3.05) is 24.5 Å². The van der Waals surface area contributed by atoms with E-state index in [1.54, 1.807) is 12.1 Å². The van der Waals surface area contributed by atoms with Gasteiger partial charge in [-0.05, 0) is 29.8 Å². The number of carbonyl (C=O) groups is 2. The molecule has 9 heteroatoms. The Labute approximate surface area is 159 Å². The second-order valence-corrected chi connectivity index (χ2v) is 6.24. The van der Waals surface area contributed by atoms with Crippen LogP contribution in [0.5, 0.6) is 0 Å². The highest BCUT2D eigenvalue weighted by Gasteiger charge is 2.34. The van der Waals surface area contributed by atoms with Crippen molar-refractivity contribution in [3.63, 3.8) is 0 Å². The van der Waals surface area contributed by atoms with Crippen LogP contribution >= 0.6 is 0 Å². The Morgan fingerprint density at radius 3 is 2.64 bits per heavy atom. The zero-order valence-electron chi connectivity index (χ0n) is 14.7. The molecule has 28 heavy (non-hydrogen) atoms. The Hall–Kier alpha value is -3.07. The van der Waals surface area contributed by atoms with Gasteiger partial charge in [-0.2, -0.15) is 13.2 Å². The minimum absolute atomic E-state index is 0.230. The van der Waals surface area contributed by atoms with Crippen molar-refractivity contribution in [1.29, 1.82) is 0 Å². The summed E-state index contributed by atoms with van der Waals surface area (Å²) in [6, 6.07) is 10.7. The third kappa shape index (κ3) is 4.25. The molecule has 3 amide bonds. The first-order valence-corrected chi connectivity index (χ1v) is 8.55. The number of nitrogens with zero attached hydrogens (tertiary/aromatic N) is 1. The van der Waals surface area contributed by atoms with Crippen molar-refractivity contribution in [3.8, 4) is 0 Å². The van der Waals surface area contributed by atoms with Crippen LogP contribution in [0, 0.1) is 0 Å². The molecule has 1 saturated heterocycles. The number of halogens is 3. The fraction of sp³-hybridized carbons (Fsp3) is 0.263. The molecule has 148 valence electrons. The normalized spacial score (nSPS) is 15.3. The molecule has 2 aromatic carbocycles. The van der Waals surface area contributed by atoms with Crippen LogP contribution in [0.3, 0.4) is 0 Å². The maximum absolute atomic E-state index is 13.1. The molecule has 0 aliphatic carbocycles. The summed E-state index contributed by atoms with van der Waals surface area (Å²) in [5.41, 5.74) is -0.490. The topological polar surface area (TPSA) is 81.7 Å². The number of carbonyl (C=O) groups excluding carboxylic acids is 2. The molecule has 0 spiro atoms. The highest BCUT2D eigenvalue weighted by Crippen LogP contribution is 2.34. The van der Waals surface area contributed by atoms with Crippen LogP contribution < -0.4 is 15.5 Å². The number of rotatable bonds is 5. The van der Waals surface area contributed by atoms with E-state index in [-0.39, 0.29) is 23.7 Å². The second-order valence-electron chi connectivity index (χ2n) is 6.24. The Balaban J connectivity index is 1.69. The van der Waals surface area contributed by atoms with Gasteiger partial charge < -0.3 is 15.7 Å². The molecule has 0 radical (unpaired) electrons. The molecule has 2 aromatic rings. The largest absolute Gasteiger partial charge is 0.416 e. The third-order valence-electron chi connectivity index (χ3n) is 4.36. The summed E-state index contributed by atoms with van der Waals surface area (Å²) in [7, 11) is 0. The number of urea groups is 1. The van der Waals surface area contributed by atoms with E-state index < -0.39 is 23.8 Å². The monoisotopic (exact) mass is 393 g/mol. The summed E-state index contributed by atoms with van der Waals surface area (Å²) in [5.74, 6) is -0.565. The zero-order chi connectivity index (χ0) is 20.3. The van der Waals surface area contributed by atoms with E-state index in [4.69, 9.17) is 0 Å². The molecule has 0 bridgehead atoms. The van der Waals surface area contributed by atoms with Gasteiger partial charge in [-0.3, -0.25) is 9.69 Å². The van der Waals surface area contributed by atoms with E-state index >= 15 is 0 Å². The van der Waals surface area contributed by atoms with Crippen molar-refractivity contribution >= 4 is 17.6 Å². The molecule has 6 nitrogen and oxygen atoms in total. The Morgan fingerprint density at radius 1 is 1.21 bits per heavy atom. The average Bonchev–Trinajstić information content (AvgIpc) is 3.11. The predicted molar refractivity (Wildman–Crippen MR) is 95.9 cm³/mol. The highest BCUT2D eigenvalue weighted by molar-refractivity contribution is 5.98. The standard InChI is InChI=1S/C19H18F3N3O3/c20-19(21,22)15-7-2-1-6-14(15)16(26)11-24-17(27)12-4-3-5-13(10-12)25-9-8-23-18(25)28/h1-7,10,16,26H,8-9,11H2,(H,23,28)(H,24,27). The Bertz CT molecular complexity index is 886. The lowest BCUT2D eigenvalue weighted by Gasteiger charge is -2.18. The number of aliphatic hydroxyl groups is 1. The van der Waals surface area contributed by atoms with Gasteiger partial charge in [0.25, 0.3) is 5.91 Å². The van der Waals surface area contributed by atoms with Crippen LogP contribution in [-0.4, -0.2) is 36.7 Å². The Morgan fingerprint density at radius 2 is 1.96 bits per heavy atom. The van der Waals surface area contributed by atoms with Gasteiger partial charge in [0.2, 0.25) is 0 Å². The number of aliphatic hydroxyl groups excluding tert-OH is 1. The number of nitrogens with one attached hydrogen (secondary N) is 2. The van der Waals surface area contributed by atoms with Crippen LogP contribution in [0.4, 0.5) is 23.7 Å². The summed E-state index contributed by atoms with van der Waals surface area (Å²) in [6.07, 6.45) is -6.12. The zero-order valence-corrected chi connectivity index (χ0v) is 14.7. The molecule has 1 atom stereocenters. The van der Waals surface area contributed by atoms with Crippen molar-refractivity contribution in [3.05, 3.63) is 65.2 Å². The number of anilines is 1. The van der Waals surface area contributed by atoms with Crippen LogP contribution in [0.1, 0.15) is 27.6 Å². The highest BCUT2D eigenvalue weighted by atomic mass is 19.4. The van der Waals surface area contributed by atoms with E-state index in [1.165, 1.54) is 35.2 Å². The lowest BCUT2D eigenvalue weighted by atomic mass is 10.0. The van der Waals surface area contributed by atoms with Crippen molar-refractivity contribution < 1.29 is 27.9 Å². The first-order valence-electron chi connectivity index (χ1n) is 8.55. The van der Waals surface area contributed by atoms with E-state index in [0.717, 1.165) is 6.07 Å². The molecule has 3 rings (SSSR count). The molecule has 0 saturated carbocycles. The molecule has 0 aromatic heterocycles. The maximum atomic E-state index is 13.1. The molecule has 1 fully saturated rings. The molecule has 1 aliphatic rings. The number of alkyl halides is 3. The van der Waals surface area contributed by atoms with Crippen molar-refractivity contribution in [2.24, 2.45) is 0 Å². The van der Waals surface area contributed by atoms with Gasteiger partial charge in [-0.15, -0.1) is 0 Å². The summed E-state index contributed by atoms with van der Waals surface area (Å²) in [5, 5.41) is 15.2. The number of benzene rings is 2. The first kappa shape index (κ1) is 19.7. The number of hydrogen-bond donors (Lipinski definition) is 3. The Kier molecular flexibility index (Phi) is 5.55. The van der Waals surface area contributed by atoms with Crippen LogP contribution in [0.15, 0.2) is 48.5 Å². The lowest BCUT2D eigenvalue weighted by Crippen LogP contribution is -2.30. The lowest BCUT2D eigenvalue weighted by molar-refractivity contribution is -0.139. The summed E-state index contributed by atoms with van der Waals surface area (Å²) in [6.45, 7) is 0.581. The van der Waals surface area contributed by atoms with Gasteiger partial charge in [0.15, 0.2) is 0 Å². The molecule has 1 aliphatic heterocycles. The minimum atomic E-state index is -4.60. The smallest absolute Gasteiger partial charge is 0.387 e. The van der Waals surface area contributed by atoms with Crippen LogP contribution in [0.25, 0.3) is 0 Å². The summed E-state index contributed by atoms with van der Waals surface area (Å²) >= 11 is 0. The van der Waals surface area contributed by atoms with Gasteiger partial charge in [0.05, 0.1) is 11.7 Å². The quantitative estimate of drug-likeness (QED) is 0.731. The van der Waals surface area contributed by atoms with Gasteiger partial charge in [-0.1, -0.05) is 24.3 Å². The summed E-state index contributed by atoms with van der Waals surface area (Å²) in [4.78, 5) is 25.6. The average molecular weight is 393 g/mol. The fourth-order valence-electron chi connectivity index (χ4n) is 2.98. The van der Waals surface area contributed by atoms with Crippen LogP contribution in [-0.2, 0) is 6.18 Å². The van der Waals surface area contributed by atoms with E-state index in [9.17, 15) is 27.9 Å². The van der Waals surface area contributed by atoms with E-state index in [1.807, 2.05) is 0 Å². The molecular formula is C19H18F3N3O3. The minimum Gasteiger partial charge on any atom is -0.387 e.